The fourth-order valence-electron chi connectivity index (χ4n) is 2.44. The molecular weight excluding hydrogens is 216 g/mol. The molecule has 2 fully saturated rings. The molecule has 3 rings (SSSR count). The lowest BCUT2D eigenvalue weighted by molar-refractivity contribution is 0.0924. The van der Waals surface area contributed by atoms with Crippen LogP contribution in [0.2, 0.25) is 0 Å². The molecule has 1 aliphatic heterocycles. The first-order chi connectivity index (χ1) is 8.16. The van der Waals surface area contributed by atoms with Crippen LogP contribution in [-0.4, -0.2) is 30.1 Å². The molecule has 2 heterocycles. The summed E-state index contributed by atoms with van der Waals surface area (Å²) in [4.78, 5) is 16.3. The van der Waals surface area contributed by atoms with E-state index in [2.05, 4.69) is 10.3 Å². The van der Waals surface area contributed by atoms with E-state index in [0.29, 0.717) is 23.6 Å². The molecule has 0 aromatic carbocycles. The van der Waals surface area contributed by atoms with Crippen molar-refractivity contribution in [3.8, 4) is 0 Å². The lowest BCUT2D eigenvalue weighted by Gasteiger charge is -2.08. The number of nitrogens with zero attached hydrogens (tertiary/aromatic N) is 1. The van der Waals surface area contributed by atoms with Gasteiger partial charge >= 0.3 is 0 Å². The van der Waals surface area contributed by atoms with Gasteiger partial charge in [-0.3, -0.25) is 4.79 Å². The summed E-state index contributed by atoms with van der Waals surface area (Å²) in [6.45, 7) is 5.49. The smallest absolute Gasteiger partial charge is 0.270 e. The Balaban J connectivity index is 1.68. The Hall–Kier alpha value is -1.42. The summed E-state index contributed by atoms with van der Waals surface area (Å²) in [5.74, 6) is 1.00. The second-order valence-corrected chi connectivity index (χ2v) is 4.96. The highest BCUT2D eigenvalue weighted by Crippen LogP contribution is 2.44. The van der Waals surface area contributed by atoms with Gasteiger partial charge in [-0.2, -0.15) is 0 Å². The van der Waals surface area contributed by atoms with E-state index < -0.39 is 0 Å². The molecule has 0 bridgehead atoms. The monoisotopic (exact) mass is 232 g/mol. The van der Waals surface area contributed by atoms with Gasteiger partial charge in [0.2, 0.25) is 0 Å². The number of amides is 1. The molecule has 90 valence electrons. The first kappa shape index (κ1) is 10.7. The zero-order valence-corrected chi connectivity index (χ0v) is 10.1. The molecule has 3 atom stereocenters. The van der Waals surface area contributed by atoms with Gasteiger partial charge < -0.3 is 10.1 Å². The minimum absolute atomic E-state index is 0.0625. The number of ether oxygens (including phenoxy) is 1. The van der Waals surface area contributed by atoms with Crippen LogP contribution in [0.25, 0.3) is 0 Å². The van der Waals surface area contributed by atoms with Crippen LogP contribution >= 0.6 is 0 Å². The van der Waals surface area contributed by atoms with E-state index in [4.69, 9.17) is 4.74 Å². The summed E-state index contributed by atoms with van der Waals surface area (Å²) < 4.78 is 5.29. The third-order valence-corrected chi connectivity index (χ3v) is 3.83. The molecule has 2 aliphatic rings. The molecule has 1 aromatic heterocycles. The lowest BCUT2D eigenvalue weighted by Crippen LogP contribution is -2.30. The first-order valence-electron chi connectivity index (χ1n) is 5.99. The number of pyridine rings is 1. The van der Waals surface area contributed by atoms with Crippen molar-refractivity contribution in [2.24, 2.45) is 11.8 Å². The van der Waals surface area contributed by atoms with Crippen LogP contribution in [-0.2, 0) is 4.74 Å². The maximum atomic E-state index is 12.0. The van der Waals surface area contributed by atoms with Gasteiger partial charge in [0.25, 0.3) is 5.91 Å². The minimum Gasteiger partial charge on any atom is -0.381 e. The summed E-state index contributed by atoms with van der Waals surface area (Å²) in [7, 11) is 0. The van der Waals surface area contributed by atoms with E-state index in [1.807, 2.05) is 19.9 Å². The highest BCUT2D eigenvalue weighted by atomic mass is 16.5. The maximum Gasteiger partial charge on any atom is 0.270 e. The Morgan fingerprint density at radius 2 is 2.06 bits per heavy atom. The lowest BCUT2D eigenvalue weighted by atomic mass is 10.2. The Bertz CT molecular complexity index is 462. The molecule has 17 heavy (non-hydrogen) atoms. The third-order valence-electron chi connectivity index (χ3n) is 3.83. The van der Waals surface area contributed by atoms with Crippen molar-refractivity contribution in [2.45, 2.75) is 19.9 Å². The highest BCUT2D eigenvalue weighted by Gasteiger charge is 2.54. The Morgan fingerprint density at radius 3 is 2.71 bits per heavy atom. The average Bonchev–Trinajstić information content (AvgIpc) is 2.76. The van der Waals surface area contributed by atoms with Crippen LogP contribution in [0.15, 0.2) is 12.1 Å². The number of carbonyl (C=O) groups excluding carboxylic acids is 1. The molecular formula is C13H16N2O2. The van der Waals surface area contributed by atoms with Crippen molar-refractivity contribution >= 4 is 5.91 Å². The second-order valence-electron chi connectivity index (χ2n) is 4.96. The molecule has 0 spiro atoms. The molecule has 1 amide bonds. The maximum absolute atomic E-state index is 12.0. The molecule has 1 saturated heterocycles. The number of hydrogen-bond donors (Lipinski definition) is 1. The predicted molar refractivity (Wildman–Crippen MR) is 62.8 cm³/mol. The number of carbonyl (C=O) groups is 1. The van der Waals surface area contributed by atoms with Gasteiger partial charge in [0.1, 0.15) is 5.69 Å². The molecule has 1 N–H and O–H groups in total. The third kappa shape index (κ3) is 1.82. The summed E-state index contributed by atoms with van der Waals surface area (Å²) in [6, 6.07) is 4.03. The molecule has 4 heteroatoms. The van der Waals surface area contributed by atoms with Gasteiger partial charge in [-0.05, 0) is 25.5 Å². The molecule has 1 aliphatic carbocycles. The van der Waals surface area contributed by atoms with Crippen LogP contribution in [0.3, 0.4) is 0 Å². The quantitative estimate of drug-likeness (QED) is 0.830. The molecule has 1 unspecified atom stereocenters. The Kier molecular flexibility index (Phi) is 2.40. The minimum atomic E-state index is -0.0625. The number of aromatic nitrogens is 1. The van der Waals surface area contributed by atoms with E-state index in [9.17, 15) is 4.79 Å². The van der Waals surface area contributed by atoms with Gasteiger partial charge in [0.05, 0.1) is 13.2 Å². The predicted octanol–water partition coefficient (Wildman–Crippen LogP) is 1.07. The largest absolute Gasteiger partial charge is 0.381 e. The van der Waals surface area contributed by atoms with E-state index >= 15 is 0 Å². The Morgan fingerprint density at radius 1 is 1.35 bits per heavy atom. The van der Waals surface area contributed by atoms with Crippen molar-refractivity contribution in [1.29, 1.82) is 0 Å². The first-order valence-corrected chi connectivity index (χ1v) is 5.99. The van der Waals surface area contributed by atoms with Crippen molar-refractivity contribution < 1.29 is 9.53 Å². The summed E-state index contributed by atoms with van der Waals surface area (Å²) in [6.07, 6.45) is 0. The van der Waals surface area contributed by atoms with E-state index in [1.165, 1.54) is 0 Å². The van der Waals surface area contributed by atoms with Gasteiger partial charge in [-0.1, -0.05) is 6.07 Å². The number of aryl methyl sites for hydroxylation is 2. The highest BCUT2D eigenvalue weighted by molar-refractivity contribution is 5.92. The number of nitrogens with one attached hydrogen (secondary N) is 1. The molecule has 0 radical (unpaired) electrons. The SMILES string of the molecule is Cc1ccc(C(=O)NC2[C@H]3COC[C@@H]23)nc1C. The van der Waals surface area contributed by atoms with Gasteiger partial charge in [-0.15, -0.1) is 0 Å². The molecule has 1 saturated carbocycles. The second kappa shape index (κ2) is 3.81. The van der Waals surface area contributed by atoms with Crippen LogP contribution in [0.5, 0.6) is 0 Å². The molecule has 4 nitrogen and oxygen atoms in total. The number of rotatable bonds is 2. The van der Waals surface area contributed by atoms with Gasteiger partial charge in [0.15, 0.2) is 0 Å². The van der Waals surface area contributed by atoms with E-state index in [1.54, 1.807) is 6.07 Å². The number of hydrogen-bond acceptors (Lipinski definition) is 3. The fourth-order valence-corrected chi connectivity index (χ4v) is 2.44. The van der Waals surface area contributed by atoms with Gasteiger partial charge in [0, 0.05) is 23.6 Å². The molecule has 1 aromatic rings. The van der Waals surface area contributed by atoms with Crippen molar-refractivity contribution in [3.05, 3.63) is 29.1 Å². The van der Waals surface area contributed by atoms with E-state index in [0.717, 1.165) is 24.5 Å². The van der Waals surface area contributed by atoms with Crippen molar-refractivity contribution in [3.63, 3.8) is 0 Å². The van der Waals surface area contributed by atoms with E-state index in [-0.39, 0.29) is 5.91 Å². The van der Waals surface area contributed by atoms with Crippen molar-refractivity contribution in [2.75, 3.05) is 13.2 Å². The zero-order valence-electron chi connectivity index (χ0n) is 10.1. The van der Waals surface area contributed by atoms with Crippen LogP contribution in [0.1, 0.15) is 21.7 Å². The average molecular weight is 232 g/mol. The number of fused-ring (bicyclic) bond motifs is 1. The summed E-state index contributed by atoms with van der Waals surface area (Å²) in [5.41, 5.74) is 2.54. The van der Waals surface area contributed by atoms with Crippen LogP contribution in [0.4, 0.5) is 0 Å². The topological polar surface area (TPSA) is 51.2 Å². The van der Waals surface area contributed by atoms with Crippen molar-refractivity contribution in [1.82, 2.24) is 10.3 Å². The summed E-state index contributed by atoms with van der Waals surface area (Å²) >= 11 is 0. The van der Waals surface area contributed by atoms with Crippen LogP contribution < -0.4 is 5.32 Å². The van der Waals surface area contributed by atoms with Crippen LogP contribution in [0, 0.1) is 25.7 Å². The fraction of sp³-hybridized carbons (Fsp3) is 0.538. The zero-order chi connectivity index (χ0) is 12.0. The van der Waals surface area contributed by atoms with Gasteiger partial charge in [-0.25, -0.2) is 4.98 Å². The summed E-state index contributed by atoms with van der Waals surface area (Å²) in [5, 5.41) is 3.04. The Labute approximate surface area is 100 Å². The standard InChI is InChI=1S/C13H16N2O2/c1-7-3-4-11(14-8(7)2)13(16)15-12-9-5-17-6-10(9)12/h3-4,9-10,12H,5-6H2,1-2H3,(H,15,16)/t9-,10+,12?. The normalized spacial score (nSPS) is 29.9.